The number of nitrogens with one attached hydrogen (secondary N) is 1. The highest BCUT2D eigenvalue weighted by Gasteiger charge is 2.08. The minimum Gasteiger partial charge on any atom is -0.358 e. The van der Waals surface area contributed by atoms with Crippen LogP contribution in [0.2, 0.25) is 0 Å². The molecule has 5 nitrogen and oxygen atoms in total. The second-order valence-electron chi connectivity index (χ2n) is 1.31. The monoisotopic (exact) mass is 239 g/mol. The third kappa shape index (κ3) is 1.37. The van der Waals surface area contributed by atoms with E-state index >= 15 is 0 Å². The van der Waals surface area contributed by atoms with Gasteiger partial charge >= 0.3 is 5.82 Å². The fourth-order valence-electron chi connectivity index (χ4n) is 0.383. The van der Waals surface area contributed by atoms with Crippen LogP contribution >= 0.6 is 22.6 Å². The summed E-state index contributed by atoms with van der Waals surface area (Å²) >= 11 is 1.86. The average Bonchev–Trinajstić information content (AvgIpc) is 2.14. The van der Waals surface area contributed by atoms with E-state index in [0.29, 0.717) is 3.83 Å². The van der Waals surface area contributed by atoms with Crippen molar-refractivity contribution in [3.8, 4) is 0 Å². The van der Waals surface area contributed by atoms with E-state index in [9.17, 15) is 10.1 Å². The molecule has 0 aliphatic rings. The molecule has 1 aromatic rings. The molecule has 48 valence electrons. The first-order valence-electron chi connectivity index (χ1n) is 2.05. The standard InChI is InChI=1S/C3H2IN3O2/c4-3-5-1-2(6-3)7(8)9/h1H,(H,5,6). The molecule has 0 radical (unpaired) electrons. The average molecular weight is 239 g/mol. The van der Waals surface area contributed by atoms with Gasteiger partial charge < -0.3 is 15.1 Å². The summed E-state index contributed by atoms with van der Waals surface area (Å²) in [5.41, 5.74) is 0. The first-order valence-corrected chi connectivity index (χ1v) is 3.13. The van der Waals surface area contributed by atoms with Gasteiger partial charge in [-0.2, -0.15) is 0 Å². The Bertz CT molecular complexity index is 233. The van der Waals surface area contributed by atoms with Gasteiger partial charge in [0.05, 0.1) is 0 Å². The Balaban J connectivity index is 2.98. The number of H-pyrrole nitrogens is 1. The maximum atomic E-state index is 9.93. The molecule has 0 fully saturated rings. The van der Waals surface area contributed by atoms with Gasteiger partial charge in [0.15, 0.2) is 0 Å². The van der Waals surface area contributed by atoms with E-state index in [1.165, 1.54) is 6.20 Å². The van der Waals surface area contributed by atoms with Crippen LogP contribution in [0.1, 0.15) is 0 Å². The molecule has 6 heteroatoms. The maximum Gasteiger partial charge on any atom is 0.382 e. The van der Waals surface area contributed by atoms with Crippen molar-refractivity contribution in [1.82, 2.24) is 9.97 Å². The van der Waals surface area contributed by atoms with Gasteiger partial charge in [-0.05, 0) is 9.91 Å². The van der Waals surface area contributed by atoms with Gasteiger partial charge in [0, 0.05) is 22.6 Å². The zero-order valence-electron chi connectivity index (χ0n) is 4.17. The Labute approximate surface area is 63.8 Å². The van der Waals surface area contributed by atoms with Crippen LogP contribution in [0.15, 0.2) is 6.20 Å². The van der Waals surface area contributed by atoms with Gasteiger partial charge in [-0.1, -0.05) is 0 Å². The third-order valence-corrected chi connectivity index (χ3v) is 1.27. The van der Waals surface area contributed by atoms with Crippen molar-refractivity contribution in [3.63, 3.8) is 0 Å². The van der Waals surface area contributed by atoms with E-state index in [2.05, 4.69) is 9.97 Å². The lowest BCUT2D eigenvalue weighted by atomic mass is 10.8. The summed E-state index contributed by atoms with van der Waals surface area (Å²) in [6, 6.07) is 0. The van der Waals surface area contributed by atoms with Crippen molar-refractivity contribution in [2.24, 2.45) is 0 Å². The number of aromatic nitrogens is 2. The molecule has 0 amide bonds. The number of nitro groups is 1. The fourth-order valence-corrected chi connectivity index (χ4v) is 0.786. The van der Waals surface area contributed by atoms with Crippen molar-refractivity contribution in [3.05, 3.63) is 20.1 Å². The summed E-state index contributed by atoms with van der Waals surface area (Å²) in [7, 11) is 0. The van der Waals surface area contributed by atoms with Crippen LogP contribution in [0.4, 0.5) is 5.82 Å². The summed E-state index contributed by atoms with van der Waals surface area (Å²) in [5.74, 6) is -0.139. The van der Waals surface area contributed by atoms with E-state index in [1.54, 1.807) is 0 Å². The van der Waals surface area contributed by atoms with Crippen LogP contribution < -0.4 is 0 Å². The molecule has 0 atom stereocenters. The predicted molar refractivity (Wildman–Crippen MR) is 38.0 cm³/mol. The lowest BCUT2D eigenvalue weighted by Crippen LogP contribution is -1.86. The number of rotatable bonds is 1. The van der Waals surface area contributed by atoms with Crippen LogP contribution in [-0.2, 0) is 0 Å². The maximum absolute atomic E-state index is 9.93. The van der Waals surface area contributed by atoms with E-state index < -0.39 is 4.92 Å². The Morgan fingerprint density at radius 3 is 2.78 bits per heavy atom. The van der Waals surface area contributed by atoms with Gasteiger partial charge in [0.1, 0.15) is 6.20 Å². The molecule has 1 heterocycles. The summed E-state index contributed by atoms with van der Waals surface area (Å²) in [6.07, 6.45) is 1.25. The van der Waals surface area contributed by atoms with Crippen molar-refractivity contribution < 1.29 is 4.92 Å². The molecular weight excluding hydrogens is 237 g/mol. The highest BCUT2D eigenvalue weighted by molar-refractivity contribution is 14.1. The van der Waals surface area contributed by atoms with E-state index in [0.717, 1.165) is 0 Å². The third-order valence-electron chi connectivity index (χ3n) is 0.720. The number of halogens is 1. The molecule has 0 spiro atoms. The van der Waals surface area contributed by atoms with Crippen LogP contribution in [-0.4, -0.2) is 14.9 Å². The second-order valence-corrected chi connectivity index (χ2v) is 2.33. The summed E-state index contributed by atoms with van der Waals surface area (Å²) in [6.45, 7) is 0. The van der Waals surface area contributed by atoms with Gasteiger partial charge in [-0.25, -0.2) is 0 Å². The predicted octanol–water partition coefficient (Wildman–Crippen LogP) is 0.922. The minimum absolute atomic E-state index is 0.139. The molecule has 1 rings (SSSR count). The zero-order chi connectivity index (χ0) is 6.85. The van der Waals surface area contributed by atoms with E-state index in [1.807, 2.05) is 22.6 Å². The highest BCUT2D eigenvalue weighted by Crippen LogP contribution is 2.06. The molecule has 1 aromatic heterocycles. The van der Waals surface area contributed by atoms with Gasteiger partial charge in [-0.3, -0.25) is 0 Å². The number of aromatic amines is 1. The Kier molecular flexibility index (Phi) is 1.65. The number of hydrogen-bond donors (Lipinski definition) is 1. The van der Waals surface area contributed by atoms with Crippen LogP contribution in [0.25, 0.3) is 0 Å². The highest BCUT2D eigenvalue weighted by atomic mass is 127. The van der Waals surface area contributed by atoms with Gasteiger partial charge in [-0.15, -0.1) is 0 Å². The molecule has 0 aliphatic heterocycles. The van der Waals surface area contributed by atoms with Gasteiger partial charge in [0.2, 0.25) is 0 Å². The Morgan fingerprint density at radius 1 is 1.89 bits per heavy atom. The first-order chi connectivity index (χ1) is 4.20. The minimum atomic E-state index is -0.543. The van der Waals surface area contributed by atoms with Gasteiger partial charge in [0.25, 0.3) is 3.83 Å². The fraction of sp³-hybridized carbons (Fsp3) is 0. The van der Waals surface area contributed by atoms with Crippen LogP contribution in [0, 0.1) is 13.9 Å². The molecule has 0 saturated heterocycles. The Morgan fingerprint density at radius 2 is 2.56 bits per heavy atom. The van der Waals surface area contributed by atoms with E-state index in [-0.39, 0.29) is 5.82 Å². The smallest absolute Gasteiger partial charge is 0.358 e. The van der Waals surface area contributed by atoms with Crippen molar-refractivity contribution in [2.45, 2.75) is 0 Å². The van der Waals surface area contributed by atoms with Crippen molar-refractivity contribution in [2.75, 3.05) is 0 Å². The molecule has 1 N–H and O–H groups in total. The summed E-state index contributed by atoms with van der Waals surface area (Å²) in [4.78, 5) is 15.5. The van der Waals surface area contributed by atoms with Crippen molar-refractivity contribution >= 4 is 28.4 Å². The molecule has 0 saturated carbocycles. The normalized spacial score (nSPS) is 9.44. The van der Waals surface area contributed by atoms with Crippen LogP contribution in [0.5, 0.6) is 0 Å². The molecular formula is C3H2IN3O2. The molecule has 0 unspecified atom stereocenters. The topological polar surface area (TPSA) is 71.8 Å². The van der Waals surface area contributed by atoms with Crippen LogP contribution in [0.3, 0.4) is 0 Å². The first kappa shape index (κ1) is 6.46. The molecule has 0 bridgehead atoms. The van der Waals surface area contributed by atoms with E-state index in [4.69, 9.17) is 0 Å². The Hall–Kier alpha value is -0.660. The SMILES string of the molecule is O=[N+]([O-])c1c[nH]c(I)n1. The lowest BCUT2D eigenvalue weighted by molar-refractivity contribution is -0.389. The molecule has 0 aliphatic carbocycles. The zero-order valence-corrected chi connectivity index (χ0v) is 6.32. The number of nitrogens with zero attached hydrogens (tertiary/aromatic N) is 2. The summed E-state index contributed by atoms with van der Waals surface area (Å²) < 4.78 is 0.527. The lowest BCUT2D eigenvalue weighted by Gasteiger charge is -1.81. The quantitative estimate of drug-likeness (QED) is 0.450. The largest absolute Gasteiger partial charge is 0.382 e. The molecule has 0 aromatic carbocycles. The van der Waals surface area contributed by atoms with Crippen molar-refractivity contribution in [1.29, 1.82) is 0 Å². The summed E-state index contributed by atoms with van der Waals surface area (Å²) in [5, 5.41) is 9.93. The second kappa shape index (κ2) is 2.29. The number of hydrogen-bond acceptors (Lipinski definition) is 3. The molecule has 9 heavy (non-hydrogen) atoms. The number of imidazole rings is 1.